The van der Waals surface area contributed by atoms with E-state index < -0.39 is 0 Å². The number of nitrogens with zero attached hydrogens (tertiary/aromatic N) is 4. The number of nitrogens with one attached hydrogen (secondary N) is 1. The minimum Gasteiger partial charge on any atom is -0.350 e. The normalized spacial score (nSPS) is 26.3. The number of imidazole rings is 1. The Kier molecular flexibility index (Phi) is 5.81. The molecule has 0 spiro atoms. The van der Waals surface area contributed by atoms with Gasteiger partial charge in [-0.25, -0.2) is 4.98 Å². The Bertz CT molecular complexity index is 1260. The van der Waals surface area contributed by atoms with Crippen molar-refractivity contribution in [1.29, 1.82) is 0 Å². The molecular formula is C29H35N5O2. The van der Waals surface area contributed by atoms with E-state index in [0.717, 1.165) is 42.0 Å². The van der Waals surface area contributed by atoms with Gasteiger partial charge in [-0.2, -0.15) is 0 Å². The number of aryl methyl sites for hydroxylation is 1. The maximum Gasteiger partial charge on any atom is 0.274 e. The van der Waals surface area contributed by atoms with Gasteiger partial charge < -0.3 is 10.2 Å². The van der Waals surface area contributed by atoms with Crippen LogP contribution in [0.5, 0.6) is 0 Å². The second kappa shape index (κ2) is 9.02. The average molecular weight is 486 g/mol. The van der Waals surface area contributed by atoms with Crippen molar-refractivity contribution in [2.45, 2.75) is 58.4 Å². The molecule has 0 aromatic carbocycles. The van der Waals surface area contributed by atoms with Gasteiger partial charge in [-0.05, 0) is 91.9 Å². The molecule has 7 rings (SSSR count). The number of rotatable bonds is 7. The molecule has 0 saturated heterocycles. The highest BCUT2D eigenvalue weighted by molar-refractivity contribution is 5.95. The Balaban J connectivity index is 1.16. The molecule has 7 heteroatoms. The average Bonchev–Trinajstić information content (AvgIpc) is 3.31. The molecule has 4 aliphatic rings. The highest BCUT2D eigenvalue weighted by Gasteiger charge is 2.50. The van der Waals surface area contributed by atoms with Gasteiger partial charge in [-0.3, -0.25) is 19.0 Å². The zero-order chi connectivity index (χ0) is 24.9. The summed E-state index contributed by atoms with van der Waals surface area (Å²) >= 11 is 0. The SMILES string of the molecule is CCc1ccc(CN(C)C(=O)c2cn3c(C(=O)NCC45CC6CC(CC(C6)C4)C5)cccc3n2)cn1. The number of hydrogen-bond acceptors (Lipinski definition) is 4. The molecule has 1 N–H and O–H groups in total. The highest BCUT2D eigenvalue weighted by Crippen LogP contribution is 2.59. The molecule has 3 heterocycles. The van der Waals surface area contributed by atoms with Gasteiger partial charge in [0.1, 0.15) is 17.0 Å². The lowest BCUT2D eigenvalue weighted by molar-refractivity contribution is -0.0503. The minimum atomic E-state index is -0.182. The third-order valence-corrected chi connectivity index (χ3v) is 8.75. The molecule has 0 aliphatic heterocycles. The van der Waals surface area contributed by atoms with Crippen LogP contribution in [-0.2, 0) is 13.0 Å². The molecule has 36 heavy (non-hydrogen) atoms. The number of carbonyl (C=O) groups excluding carboxylic acids is 2. The van der Waals surface area contributed by atoms with Gasteiger partial charge in [-0.1, -0.05) is 19.1 Å². The van der Waals surface area contributed by atoms with Crippen LogP contribution in [0, 0.1) is 23.2 Å². The number of aromatic nitrogens is 3. The Morgan fingerprint density at radius 3 is 2.44 bits per heavy atom. The van der Waals surface area contributed by atoms with E-state index in [4.69, 9.17) is 0 Å². The van der Waals surface area contributed by atoms with E-state index in [2.05, 4.69) is 22.2 Å². The van der Waals surface area contributed by atoms with E-state index in [0.29, 0.717) is 23.6 Å². The fraction of sp³-hybridized carbons (Fsp3) is 0.517. The van der Waals surface area contributed by atoms with Gasteiger partial charge in [0.05, 0.1) is 0 Å². The van der Waals surface area contributed by atoms with Crippen LogP contribution in [0.3, 0.4) is 0 Å². The summed E-state index contributed by atoms with van der Waals surface area (Å²) in [7, 11) is 1.76. The Hall–Kier alpha value is -3.22. The largest absolute Gasteiger partial charge is 0.350 e. The lowest BCUT2D eigenvalue weighted by Gasteiger charge is -2.56. The van der Waals surface area contributed by atoms with E-state index in [1.165, 1.54) is 38.5 Å². The molecule has 0 atom stereocenters. The van der Waals surface area contributed by atoms with Crippen molar-refractivity contribution in [1.82, 2.24) is 24.6 Å². The summed E-state index contributed by atoms with van der Waals surface area (Å²) in [5.74, 6) is 2.30. The molecule has 4 aliphatic carbocycles. The van der Waals surface area contributed by atoms with E-state index in [9.17, 15) is 9.59 Å². The van der Waals surface area contributed by atoms with Crippen LogP contribution in [0.4, 0.5) is 0 Å². The molecule has 4 bridgehead atoms. The van der Waals surface area contributed by atoms with Crippen molar-refractivity contribution >= 4 is 17.5 Å². The molecule has 0 radical (unpaired) electrons. The van der Waals surface area contributed by atoms with Gasteiger partial charge in [0.25, 0.3) is 11.8 Å². The summed E-state index contributed by atoms with van der Waals surface area (Å²) in [5, 5.41) is 3.26. The van der Waals surface area contributed by atoms with Gasteiger partial charge in [0.15, 0.2) is 0 Å². The Morgan fingerprint density at radius 2 is 1.81 bits per heavy atom. The maximum atomic E-state index is 13.3. The summed E-state index contributed by atoms with van der Waals surface area (Å²) in [6.45, 7) is 3.26. The monoisotopic (exact) mass is 485 g/mol. The lowest BCUT2D eigenvalue weighted by Crippen LogP contribution is -2.51. The Morgan fingerprint density at radius 1 is 1.08 bits per heavy atom. The second-order valence-electron chi connectivity index (χ2n) is 11.5. The van der Waals surface area contributed by atoms with E-state index in [1.54, 1.807) is 22.5 Å². The van der Waals surface area contributed by atoms with Crippen LogP contribution in [0.15, 0.2) is 42.7 Å². The quantitative estimate of drug-likeness (QED) is 0.534. The topological polar surface area (TPSA) is 79.6 Å². The Labute approximate surface area is 212 Å². The second-order valence-corrected chi connectivity index (χ2v) is 11.5. The first-order chi connectivity index (χ1) is 17.4. The fourth-order valence-corrected chi connectivity index (χ4v) is 7.46. The molecule has 4 saturated carbocycles. The third kappa shape index (κ3) is 4.29. The van der Waals surface area contributed by atoms with Crippen LogP contribution in [0.1, 0.15) is 77.7 Å². The molecule has 7 nitrogen and oxygen atoms in total. The van der Waals surface area contributed by atoms with Crippen molar-refractivity contribution in [2.24, 2.45) is 23.2 Å². The number of pyridine rings is 2. The summed E-state index contributed by atoms with van der Waals surface area (Å²) in [6.07, 6.45) is 12.4. The summed E-state index contributed by atoms with van der Waals surface area (Å²) in [5.41, 5.74) is 3.73. The number of amides is 2. The zero-order valence-corrected chi connectivity index (χ0v) is 21.2. The first-order valence-electron chi connectivity index (χ1n) is 13.4. The standard InChI is InChI=1S/C29H35N5O2/c1-3-23-8-7-19(15-30-23)16-33(2)28(36)24-17-34-25(5-4-6-26(34)32-24)27(35)31-18-29-12-20-9-21(13-29)11-22(10-20)14-29/h4-8,15,17,20-22H,3,9-14,16,18H2,1-2H3,(H,31,35). The number of fused-ring (bicyclic) bond motifs is 1. The smallest absolute Gasteiger partial charge is 0.274 e. The zero-order valence-electron chi connectivity index (χ0n) is 21.2. The third-order valence-electron chi connectivity index (χ3n) is 8.75. The van der Waals surface area contributed by atoms with E-state index in [1.807, 2.05) is 36.5 Å². The van der Waals surface area contributed by atoms with Crippen molar-refractivity contribution in [2.75, 3.05) is 13.6 Å². The summed E-state index contributed by atoms with van der Waals surface area (Å²) < 4.78 is 1.74. The highest BCUT2D eigenvalue weighted by atomic mass is 16.2. The van der Waals surface area contributed by atoms with Gasteiger partial charge in [-0.15, -0.1) is 0 Å². The van der Waals surface area contributed by atoms with Crippen molar-refractivity contribution < 1.29 is 9.59 Å². The van der Waals surface area contributed by atoms with Gasteiger partial charge in [0.2, 0.25) is 0 Å². The predicted molar refractivity (Wildman–Crippen MR) is 138 cm³/mol. The summed E-state index contributed by atoms with van der Waals surface area (Å²) in [6, 6.07) is 9.47. The lowest BCUT2D eigenvalue weighted by atomic mass is 9.49. The predicted octanol–water partition coefficient (Wildman–Crippen LogP) is 4.51. The molecule has 0 unspecified atom stereocenters. The van der Waals surface area contributed by atoms with Crippen LogP contribution in [0.2, 0.25) is 0 Å². The van der Waals surface area contributed by atoms with Crippen LogP contribution in [-0.4, -0.2) is 44.7 Å². The van der Waals surface area contributed by atoms with Crippen LogP contribution in [0.25, 0.3) is 5.65 Å². The van der Waals surface area contributed by atoms with Crippen molar-refractivity contribution in [3.63, 3.8) is 0 Å². The van der Waals surface area contributed by atoms with E-state index >= 15 is 0 Å². The van der Waals surface area contributed by atoms with Crippen LogP contribution < -0.4 is 5.32 Å². The molecule has 4 fully saturated rings. The molecule has 3 aromatic rings. The minimum absolute atomic E-state index is 0.0943. The maximum absolute atomic E-state index is 13.3. The first kappa shape index (κ1) is 23.2. The molecule has 188 valence electrons. The fourth-order valence-electron chi connectivity index (χ4n) is 7.46. The van der Waals surface area contributed by atoms with E-state index in [-0.39, 0.29) is 17.2 Å². The number of hydrogen-bond donors (Lipinski definition) is 1. The van der Waals surface area contributed by atoms with Crippen molar-refractivity contribution in [3.05, 3.63) is 65.4 Å². The van der Waals surface area contributed by atoms with Gasteiger partial charge in [0, 0.05) is 38.2 Å². The first-order valence-corrected chi connectivity index (χ1v) is 13.4. The molecular weight excluding hydrogens is 450 g/mol. The van der Waals surface area contributed by atoms with Crippen molar-refractivity contribution in [3.8, 4) is 0 Å². The molecule has 2 amide bonds. The van der Waals surface area contributed by atoms with Gasteiger partial charge >= 0.3 is 0 Å². The number of carbonyl (C=O) groups is 2. The van der Waals surface area contributed by atoms with Crippen LogP contribution >= 0.6 is 0 Å². The molecule has 3 aromatic heterocycles. The summed E-state index contributed by atoms with van der Waals surface area (Å²) in [4.78, 5) is 37.0.